The SMILES string of the molecule is CCCOc1ccc(C(=O)NC(=S)NCc2ccccc2)cc1. The lowest BCUT2D eigenvalue weighted by atomic mass is 10.2. The van der Waals surface area contributed by atoms with E-state index in [1.165, 1.54) is 0 Å². The number of hydrogen-bond donors (Lipinski definition) is 2. The average molecular weight is 328 g/mol. The summed E-state index contributed by atoms with van der Waals surface area (Å²) in [6.07, 6.45) is 0.948. The van der Waals surface area contributed by atoms with Crippen molar-refractivity contribution < 1.29 is 9.53 Å². The van der Waals surface area contributed by atoms with E-state index < -0.39 is 0 Å². The van der Waals surface area contributed by atoms with Gasteiger partial charge in [0.2, 0.25) is 0 Å². The molecule has 0 aliphatic rings. The molecule has 1 amide bonds. The number of nitrogens with one attached hydrogen (secondary N) is 2. The molecule has 0 atom stereocenters. The van der Waals surface area contributed by atoms with Crippen molar-refractivity contribution in [2.45, 2.75) is 19.9 Å². The topological polar surface area (TPSA) is 50.4 Å². The number of rotatable bonds is 6. The van der Waals surface area contributed by atoms with E-state index in [0.29, 0.717) is 23.8 Å². The maximum atomic E-state index is 12.1. The summed E-state index contributed by atoms with van der Waals surface area (Å²) < 4.78 is 5.49. The third-order valence-electron chi connectivity index (χ3n) is 3.11. The summed E-state index contributed by atoms with van der Waals surface area (Å²) in [7, 11) is 0. The first-order valence-electron chi connectivity index (χ1n) is 7.55. The van der Waals surface area contributed by atoms with Gasteiger partial charge in [-0.25, -0.2) is 0 Å². The van der Waals surface area contributed by atoms with E-state index in [2.05, 4.69) is 10.6 Å². The van der Waals surface area contributed by atoms with Crippen LogP contribution in [0.15, 0.2) is 54.6 Å². The molecule has 120 valence electrons. The minimum Gasteiger partial charge on any atom is -0.494 e. The Balaban J connectivity index is 1.82. The zero-order valence-corrected chi connectivity index (χ0v) is 13.9. The van der Waals surface area contributed by atoms with E-state index >= 15 is 0 Å². The number of benzene rings is 2. The van der Waals surface area contributed by atoms with Crippen molar-refractivity contribution in [3.8, 4) is 5.75 Å². The first-order valence-corrected chi connectivity index (χ1v) is 7.96. The van der Waals surface area contributed by atoms with Crippen LogP contribution in [0.25, 0.3) is 0 Å². The first-order chi connectivity index (χ1) is 11.2. The highest BCUT2D eigenvalue weighted by Gasteiger charge is 2.07. The fraction of sp³-hybridized carbons (Fsp3) is 0.222. The molecule has 0 heterocycles. The molecule has 0 aromatic heterocycles. The average Bonchev–Trinajstić information content (AvgIpc) is 2.59. The van der Waals surface area contributed by atoms with Crippen molar-refractivity contribution in [2.24, 2.45) is 0 Å². The van der Waals surface area contributed by atoms with Crippen LogP contribution in [-0.2, 0) is 6.54 Å². The van der Waals surface area contributed by atoms with Crippen molar-refractivity contribution in [1.82, 2.24) is 10.6 Å². The Hall–Kier alpha value is -2.40. The second kappa shape index (κ2) is 8.90. The molecule has 0 bridgehead atoms. The molecule has 0 spiro atoms. The molecule has 2 N–H and O–H groups in total. The van der Waals surface area contributed by atoms with Gasteiger partial charge in [-0.15, -0.1) is 0 Å². The van der Waals surface area contributed by atoms with Gasteiger partial charge < -0.3 is 10.1 Å². The second-order valence-corrected chi connectivity index (χ2v) is 5.40. The third-order valence-corrected chi connectivity index (χ3v) is 3.36. The van der Waals surface area contributed by atoms with Crippen LogP contribution in [0.2, 0.25) is 0 Å². The fourth-order valence-corrected chi connectivity index (χ4v) is 2.08. The zero-order chi connectivity index (χ0) is 16.5. The molecule has 5 heteroatoms. The number of thiocarbonyl (C=S) groups is 1. The van der Waals surface area contributed by atoms with Crippen LogP contribution in [0.3, 0.4) is 0 Å². The summed E-state index contributed by atoms with van der Waals surface area (Å²) >= 11 is 5.14. The smallest absolute Gasteiger partial charge is 0.257 e. The van der Waals surface area contributed by atoms with Gasteiger partial charge in [0.05, 0.1) is 6.61 Å². The lowest BCUT2D eigenvalue weighted by Gasteiger charge is -2.10. The molecule has 0 radical (unpaired) electrons. The lowest BCUT2D eigenvalue weighted by molar-refractivity contribution is 0.0976. The second-order valence-electron chi connectivity index (χ2n) is 5.00. The van der Waals surface area contributed by atoms with Crippen LogP contribution < -0.4 is 15.4 Å². The number of carbonyl (C=O) groups excluding carboxylic acids is 1. The Morgan fingerprint density at radius 3 is 2.43 bits per heavy atom. The van der Waals surface area contributed by atoms with E-state index in [-0.39, 0.29) is 5.91 Å². The van der Waals surface area contributed by atoms with Gasteiger partial charge in [0, 0.05) is 12.1 Å². The maximum Gasteiger partial charge on any atom is 0.257 e. The standard InChI is InChI=1S/C18H20N2O2S/c1-2-12-22-16-10-8-15(9-11-16)17(21)20-18(23)19-13-14-6-4-3-5-7-14/h3-11H,2,12-13H2,1H3,(H2,19,20,21,23). The van der Waals surface area contributed by atoms with Crippen LogP contribution in [0.1, 0.15) is 29.3 Å². The summed E-state index contributed by atoms with van der Waals surface area (Å²) in [5, 5.41) is 5.99. The van der Waals surface area contributed by atoms with Gasteiger partial charge in [-0.05, 0) is 48.5 Å². The lowest BCUT2D eigenvalue weighted by Crippen LogP contribution is -2.38. The molecular weight excluding hydrogens is 308 g/mol. The molecular formula is C18H20N2O2S. The molecule has 2 rings (SSSR count). The fourth-order valence-electron chi connectivity index (χ4n) is 1.92. The van der Waals surface area contributed by atoms with Gasteiger partial charge in [-0.2, -0.15) is 0 Å². The summed E-state index contributed by atoms with van der Waals surface area (Å²) in [6, 6.07) is 16.9. The Morgan fingerprint density at radius 2 is 1.78 bits per heavy atom. The Morgan fingerprint density at radius 1 is 1.09 bits per heavy atom. The Kier molecular flexibility index (Phi) is 6.56. The van der Waals surface area contributed by atoms with Crippen molar-refractivity contribution in [1.29, 1.82) is 0 Å². The van der Waals surface area contributed by atoms with E-state index in [0.717, 1.165) is 17.7 Å². The minimum atomic E-state index is -0.238. The van der Waals surface area contributed by atoms with Crippen molar-refractivity contribution >= 4 is 23.2 Å². The van der Waals surface area contributed by atoms with Crippen LogP contribution >= 0.6 is 12.2 Å². The molecule has 0 saturated heterocycles. The molecule has 0 saturated carbocycles. The van der Waals surface area contributed by atoms with Crippen LogP contribution in [-0.4, -0.2) is 17.6 Å². The van der Waals surface area contributed by atoms with Crippen molar-refractivity contribution in [2.75, 3.05) is 6.61 Å². The number of hydrogen-bond acceptors (Lipinski definition) is 3. The number of carbonyl (C=O) groups is 1. The molecule has 2 aromatic rings. The molecule has 0 fully saturated rings. The minimum absolute atomic E-state index is 0.238. The molecule has 2 aromatic carbocycles. The van der Waals surface area contributed by atoms with E-state index in [1.807, 2.05) is 37.3 Å². The quantitative estimate of drug-likeness (QED) is 0.799. The van der Waals surface area contributed by atoms with Crippen LogP contribution in [0.5, 0.6) is 5.75 Å². The van der Waals surface area contributed by atoms with E-state index in [1.54, 1.807) is 24.3 Å². The van der Waals surface area contributed by atoms with Crippen molar-refractivity contribution in [3.63, 3.8) is 0 Å². The molecule has 4 nitrogen and oxygen atoms in total. The highest BCUT2D eigenvalue weighted by molar-refractivity contribution is 7.80. The zero-order valence-electron chi connectivity index (χ0n) is 13.0. The molecule has 0 unspecified atom stereocenters. The number of amides is 1. The van der Waals surface area contributed by atoms with E-state index in [4.69, 9.17) is 17.0 Å². The third kappa shape index (κ3) is 5.71. The summed E-state index contributed by atoms with van der Waals surface area (Å²) in [4.78, 5) is 12.1. The molecule has 23 heavy (non-hydrogen) atoms. The summed E-state index contributed by atoms with van der Waals surface area (Å²) in [5.74, 6) is 0.519. The Labute approximate surface area is 141 Å². The highest BCUT2D eigenvalue weighted by atomic mass is 32.1. The van der Waals surface area contributed by atoms with Gasteiger partial charge in [0.25, 0.3) is 5.91 Å². The summed E-state index contributed by atoms with van der Waals surface area (Å²) in [5.41, 5.74) is 1.64. The van der Waals surface area contributed by atoms with Crippen LogP contribution in [0.4, 0.5) is 0 Å². The normalized spacial score (nSPS) is 9.96. The predicted molar refractivity (Wildman–Crippen MR) is 95.6 cm³/mol. The highest BCUT2D eigenvalue weighted by Crippen LogP contribution is 2.12. The van der Waals surface area contributed by atoms with Gasteiger partial charge in [0.15, 0.2) is 5.11 Å². The maximum absolute atomic E-state index is 12.1. The first kappa shape index (κ1) is 17.0. The van der Waals surface area contributed by atoms with Gasteiger partial charge in [-0.1, -0.05) is 37.3 Å². The van der Waals surface area contributed by atoms with Gasteiger partial charge in [-0.3, -0.25) is 10.1 Å². The van der Waals surface area contributed by atoms with Gasteiger partial charge in [0.1, 0.15) is 5.75 Å². The predicted octanol–water partition coefficient (Wildman–Crippen LogP) is 3.28. The van der Waals surface area contributed by atoms with Crippen LogP contribution in [0, 0.1) is 0 Å². The van der Waals surface area contributed by atoms with E-state index in [9.17, 15) is 4.79 Å². The molecule has 0 aliphatic heterocycles. The Bertz CT molecular complexity index is 642. The number of ether oxygens (including phenoxy) is 1. The monoisotopic (exact) mass is 328 g/mol. The van der Waals surface area contributed by atoms with Gasteiger partial charge >= 0.3 is 0 Å². The molecule has 0 aliphatic carbocycles. The van der Waals surface area contributed by atoms with Crippen molar-refractivity contribution in [3.05, 3.63) is 65.7 Å². The largest absolute Gasteiger partial charge is 0.494 e. The summed E-state index contributed by atoms with van der Waals surface area (Å²) in [6.45, 7) is 3.29.